The Morgan fingerprint density at radius 1 is 0.830 bits per heavy atom. The lowest BCUT2D eigenvalue weighted by Crippen LogP contribution is -2.78. The van der Waals surface area contributed by atoms with Gasteiger partial charge >= 0.3 is 29.8 Å². The number of aliphatic hydroxyl groups is 3. The van der Waals surface area contributed by atoms with Crippen LogP contribution in [0, 0.1) is 57.2 Å². The van der Waals surface area contributed by atoms with Crippen LogP contribution in [0.3, 0.4) is 0 Å². The molecule has 9 rings (SSSR count). The van der Waals surface area contributed by atoms with Crippen molar-refractivity contribution in [2.24, 2.45) is 57.2 Å². The van der Waals surface area contributed by atoms with Gasteiger partial charge in [0, 0.05) is 68.1 Å². The Kier molecular flexibility index (Phi) is 6.44. The lowest BCUT2D eigenvalue weighted by Gasteiger charge is -2.68. The minimum Gasteiger partial charge on any atom is -0.459 e. The summed E-state index contributed by atoms with van der Waals surface area (Å²) in [6.07, 6.45) is -5.94. The van der Waals surface area contributed by atoms with Crippen LogP contribution in [0.1, 0.15) is 75.2 Å². The van der Waals surface area contributed by atoms with Crippen molar-refractivity contribution in [2.75, 3.05) is 0 Å². The van der Waals surface area contributed by atoms with Crippen LogP contribution in [0.25, 0.3) is 0 Å². The fourth-order valence-corrected chi connectivity index (χ4v) is 14.9. The summed E-state index contributed by atoms with van der Waals surface area (Å²) >= 11 is 0. The van der Waals surface area contributed by atoms with E-state index in [1.165, 1.54) is 27.7 Å². The van der Waals surface area contributed by atoms with Crippen molar-refractivity contribution in [3.05, 3.63) is 0 Å². The molecule has 2 bridgehead atoms. The number of fused-ring (bicyclic) bond motifs is 7. The largest absolute Gasteiger partial charge is 0.459 e. The average molecular weight is 747 g/mol. The van der Waals surface area contributed by atoms with Gasteiger partial charge in [-0.15, -0.1) is 0 Å². The van der Waals surface area contributed by atoms with Gasteiger partial charge in [0.15, 0.2) is 11.4 Å². The molecule has 16 heteroatoms. The molecule has 16 nitrogen and oxygen atoms in total. The molecule has 6 saturated carbocycles. The zero-order valence-corrected chi connectivity index (χ0v) is 31.0. The first-order valence-electron chi connectivity index (χ1n) is 18.4. The number of hydrogen-bond donors (Lipinski definition) is 3. The first kappa shape index (κ1) is 35.5. The van der Waals surface area contributed by atoms with Crippen LogP contribution in [0.2, 0.25) is 0 Å². The van der Waals surface area contributed by atoms with Crippen LogP contribution in [-0.2, 0) is 61.9 Å². The summed E-state index contributed by atoms with van der Waals surface area (Å²) in [5, 5.41) is 37.2. The molecule has 1 spiro atoms. The van der Waals surface area contributed by atoms with E-state index in [0.29, 0.717) is 0 Å². The van der Waals surface area contributed by atoms with Gasteiger partial charge in [0.1, 0.15) is 36.1 Å². The summed E-state index contributed by atoms with van der Waals surface area (Å²) in [7, 11) is 0. The number of hydrogen-bond acceptors (Lipinski definition) is 16. The highest BCUT2D eigenvalue weighted by Gasteiger charge is 3.04. The molecule has 3 aliphatic heterocycles. The van der Waals surface area contributed by atoms with E-state index in [9.17, 15) is 44.1 Å². The second kappa shape index (κ2) is 9.60. The zero-order valence-electron chi connectivity index (χ0n) is 31.0. The van der Waals surface area contributed by atoms with Crippen molar-refractivity contribution in [2.45, 2.75) is 135 Å². The number of rotatable bonds is 4. The number of epoxide rings is 2. The highest BCUT2D eigenvalue weighted by atomic mass is 16.8. The van der Waals surface area contributed by atoms with E-state index in [1.54, 1.807) is 20.8 Å². The fourth-order valence-electron chi connectivity index (χ4n) is 14.9. The Morgan fingerprint density at radius 2 is 1.43 bits per heavy atom. The lowest BCUT2D eigenvalue weighted by atomic mass is 9.35. The van der Waals surface area contributed by atoms with Gasteiger partial charge in [-0.1, -0.05) is 20.8 Å². The molecule has 3 saturated heterocycles. The normalized spacial score (nSPS) is 58.0. The molecule has 0 aromatic heterocycles. The monoisotopic (exact) mass is 746 g/mol. The van der Waals surface area contributed by atoms with Gasteiger partial charge in [-0.3, -0.25) is 24.0 Å². The van der Waals surface area contributed by atoms with Crippen LogP contribution in [-0.4, -0.2) is 110 Å². The smallest absolute Gasteiger partial charge is 0.341 e. The summed E-state index contributed by atoms with van der Waals surface area (Å²) < 4.78 is 43.0. The molecule has 1 unspecified atom stereocenters. The summed E-state index contributed by atoms with van der Waals surface area (Å²) in [6.45, 7) is 12.9. The molecule has 3 heterocycles. The fraction of sp³-hybridized carbons (Fsp3) is 0.838. The van der Waals surface area contributed by atoms with E-state index in [0.717, 1.165) is 6.92 Å². The Bertz CT molecular complexity index is 1820. The summed E-state index contributed by atoms with van der Waals surface area (Å²) in [4.78, 5) is 81.0. The molecule has 0 radical (unpaired) electrons. The Labute approximate surface area is 304 Å². The number of carbonyl (C=O) groups excluding carboxylic acids is 6. The van der Waals surface area contributed by atoms with Gasteiger partial charge in [-0.05, 0) is 38.0 Å². The van der Waals surface area contributed by atoms with Crippen LogP contribution >= 0.6 is 0 Å². The maximum Gasteiger partial charge on any atom is 0.341 e. The Hall–Kier alpha value is -3.18. The Balaban J connectivity index is 1.37. The topological polar surface area (TPSA) is 234 Å². The molecule has 0 aromatic rings. The van der Waals surface area contributed by atoms with E-state index in [1.807, 2.05) is 6.92 Å². The summed E-state index contributed by atoms with van der Waals surface area (Å²) in [6, 6.07) is 0. The SMILES string of the molecule is CC(=O)O[C@H]1[C@H]2C([C@@H]3[C@@]4(OC(C)=O)C[C@@]5([C@H](C)[C@@H]6O[C@@]67OC(=O)[C@@](C)(O)[C@]7(C)[C@H]45)[C@@]3(C)[C@H]1OC(C)=O)C(O)(O)C(=O)[C@H]1C[C@@H]3O[C@@H]3[C@H](OC(C)=O)[C@@]12C. The molecule has 19 atom stereocenters. The molecule has 9 aliphatic rings. The Morgan fingerprint density at radius 3 is 2.02 bits per heavy atom. The van der Waals surface area contributed by atoms with Crippen molar-refractivity contribution >= 4 is 35.6 Å². The summed E-state index contributed by atoms with van der Waals surface area (Å²) in [5.74, 6) is -16.7. The standard InChI is InChI=1S/C37H46O16/c1-12-25-37(52-25)32(8,33(9,44)29(43)53-37)28-34(12)11-35(28,51-16(5)41)23-20-19(22(47-13(2)38)27(31(23,34)7)49-15(4)40)30(6)17(24(42)36(20,45)46)10-18-21(50-18)26(30)48-14(3)39/h12,17-23,25-28,44-46H,10-11H2,1-9H3/t12-,17-,18+,19-,20?,21+,22+,23+,25+,26+,27+,28+,30+,31-,32+,33-,34+,35+,37-/m1/s1. The number of carbonyl (C=O) groups is 6. The third-order valence-corrected chi connectivity index (χ3v) is 16.4. The third kappa shape index (κ3) is 3.42. The summed E-state index contributed by atoms with van der Waals surface area (Å²) in [5.41, 5.74) is -9.89. The highest BCUT2D eigenvalue weighted by Crippen LogP contribution is 2.94. The van der Waals surface area contributed by atoms with E-state index in [4.69, 9.17) is 33.2 Å². The number of ether oxygens (including phenoxy) is 7. The molecular weight excluding hydrogens is 700 g/mol. The van der Waals surface area contributed by atoms with Gasteiger partial charge in [0.25, 0.3) is 0 Å². The maximum absolute atomic E-state index is 14.8. The number of Topliss-reactive ketones (excluding diaryl/α,β-unsaturated/α-hetero) is 1. The minimum atomic E-state index is -3.17. The molecule has 3 N–H and O–H groups in total. The predicted molar refractivity (Wildman–Crippen MR) is 169 cm³/mol. The predicted octanol–water partition coefficient (Wildman–Crippen LogP) is 0.0879. The second-order valence-electron chi connectivity index (χ2n) is 18.2. The molecule has 6 aliphatic carbocycles. The lowest BCUT2D eigenvalue weighted by molar-refractivity contribution is -0.324. The van der Waals surface area contributed by atoms with Gasteiger partial charge in [0.2, 0.25) is 11.6 Å². The highest BCUT2D eigenvalue weighted by molar-refractivity contribution is 5.91. The van der Waals surface area contributed by atoms with Crippen LogP contribution in [0.15, 0.2) is 0 Å². The first-order chi connectivity index (χ1) is 24.4. The quantitative estimate of drug-likeness (QED) is 0.150. The van der Waals surface area contributed by atoms with E-state index < -0.39 is 152 Å². The molecule has 53 heavy (non-hydrogen) atoms. The second-order valence-corrected chi connectivity index (χ2v) is 18.2. The van der Waals surface area contributed by atoms with Crippen LogP contribution in [0.5, 0.6) is 0 Å². The van der Waals surface area contributed by atoms with Crippen LogP contribution in [0.4, 0.5) is 0 Å². The van der Waals surface area contributed by atoms with Gasteiger partial charge in [-0.2, -0.15) is 0 Å². The molecular formula is C37H46O16. The van der Waals surface area contributed by atoms with Gasteiger partial charge < -0.3 is 48.5 Å². The third-order valence-electron chi connectivity index (χ3n) is 16.4. The van der Waals surface area contributed by atoms with Gasteiger partial charge in [0.05, 0.1) is 11.5 Å². The zero-order chi connectivity index (χ0) is 38.8. The van der Waals surface area contributed by atoms with E-state index in [-0.39, 0.29) is 12.8 Å². The van der Waals surface area contributed by atoms with E-state index in [2.05, 4.69) is 0 Å². The van der Waals surface area contributed by atoms with E-state index >= 15 is 0 Å². The van der Waals surface area contributed by atoms with Crippen molar-refractivity contribution < 1.29 is 77.2 Å². The average Bonchev–Trinajstić information content (AvgIpc) is 3.91. The van der Waals surface area contributed by atoms with Crippen molar-refractivity contribution in [3.8, 4) is 0 Å². The molecule has 0 amide bonds. The maximum atomic E-state index is 14.8. The van der Waals surface area contributed by atoms with Crippen molar-refractivity contribution in [1.82, 2.24) is 0 Å². The molecule has 9 fully saturated rings. The van der Waals surface area contributed by atoms with Gasteiger partial charge in [-0.25, -0.2) is 4.79 Å². The minimum absolute atomic E-state index is 0.0156. The van der Waals surface area contributed by atoms with Crippen molar-refractivity contribution in [3.63, 3.8) is 0 Å². The van der Waals surface area contributed by atoms with Crippen molar-refractivity contribution in [1.29, 1.82) is 0 Å². The number of ketones is 1. The number of esters is 5. The first-order valence-corrected chi connectivity index (χ1v) is 18.4. The molecule has 290 valence electrons. The van der Waals surface area contributed by atoms with Crippen LogP contribution < -0.4 is 0 Å². The molecule has 0 aromatic carbocycles.